The van der Waals surface area contributed by atoms with Crippen LogP contribution < -0.4 is 20.1 Å². The van der Waals surface area contributed by atoms with E-state index in [0.29, 0.717) is 22.8 Å². The van der Waals surface area contributed by atoms with Gasteiger partial charge in [0.1, 0.15) is 0 Å². The number of hydrogen-bond donors (Lipinski definition) is 2. The van der Waals surface area contributed by atoms with E-state index in [1.807, 2.05) is 0 Å². The average molecular weight is 304 g/mol. The summed E-state index contributed by atoms with van der Waals surface area (Å²) < 4.78 is 15.7. The fourth-order valence-electron chi connectivity index (χ4n) is 2.52. The molecule has 0 saturated carbocycles. The molecule has 0 radical (unpaired) electrons. The lowest BCUT2D eigenvalue weighted by Gasteiger charge is -2.28. The summed E-state index contributed by atoms with van der Waals surface area (Å²) in [4.78, 5) is 24.0. The highest BCUT2D eigenvalue weighted by Crippen LogP contribution is 2.36. The summed E-state index contributed by atoms with van der Waals surface area (Å²) in [6.07, 6.45) is 0. The number of amides is 2. The van der Waals surface area contributed by atoms with Gasteiger partial charge in [0, 0.05) is 5.70 Å². The number of allylic oxidation sites excluding steroid dienone is 1. The Bertz CT molecular complexity index is 668. The Morgan fingerprint density at radius 1 is 1.36 bits per heavy atom. The van der Waals surface area contributed by atoms with Crippen LogP contribution in [0.5, 0.6) is 11.5 Å². The Kier molecular flexibility index (Phi) is 3.62. The van der Waals surface area contributed by atoms with Crippen molar-refractivity contribution in [1.29, 1.82) is 0 Å². The second kappa shape index (κ2) is 5.59. The molecule has 2 heterocycles. The Morgan fingerprint density at radius 3 is 2.91 bits per heavy atom. The van der Waals surface area contributed by atoms with Crippen molar-refractivity contribution in [2.24, 2.45) is 0 Å². The topological polar surface area (TPSA) is 85.9 Å². The van der Waals surface area contributed by atoms with Crippen molar-refractivity contribution < 1.29 is 23.8 Å². The Morgan fingerprint density at radius 2 is 2.14 bits per heavy atom. The second-order valence-corrected chi connectivity index (χ2v) is 4.90. The number of hydrogen-bond acceptors (Lipinski definition) is 5. The van der Waals surface area contributed by atoms with Gasteiger partial charge in [-0.2, -0.15) is 0 Å². The molecule has 0 saturated heterocycles. The monoisotopic (exact) mass is 304 g/mol. The van der Waals surface area contributed by atoms with E-state index in [0.717, 1.165) is 5.56 Å². The number of esters is 1. The molecule has 0 spiro atoms. The highest BCUT2D eigenvalue weighted by Gasteiger charge is 2.32. The SMILES string of the molecule is CCOC(=O)C1=C(C)NC(=O)N[C@@H]1c1ccc2c(c1)OCO2. The molecule has 0 unspecified atom stereocenters. The molecule has 22 heavy (non-hydrogen) atoms. The van der Waals surface area contributed by atoms with Crippen LogP contribution in [0.4, 0.5) is 4.79 Å². The van der Waals surface area contributed by atoms with Crippen LogP contribution in [0.3, 0.4) is 0 Å². The molecule has 2 amide bonds. The van der Waals surface area contributed by atoms with Gasteiger partial charge in [0.05, 0.1) is 18.2 Å². The maximum absolute atomic E-state index is 12.2. The van der Waals surface area contributed by atoms with Gasteiger partial charge in [0.2, 0.25) is 6.79 Å². The Hall–Kier alpha value is -2.70. The van der Waals surface area contributed by atoms with Gasteiger partial charge in [0.25, 0.3) is 0 Å². The number of nitrogens with one attached hydrogen (secondary N) is 2. The summed E-state index contributed by atoms with van der Waals surface area (Å²) in [5.74, 6) is 0.767. The molecule has 1 aromatic carbocycles. The molecule has 0 aliphatic carbocycles. The molecule has 3 rings (SSSR count). The lowest BCUT2D eigenvalue weighted by Crippen LogP contribution is -2.45. The van der Waals surface area contributed by atoms with Crippen LogP contribution in [-0.2, 0) is 9.53 Å². The molecule has 2 N–H and O–H groups in total. The van der Waals surface area contributed by atoms with Crippen molar-refractivity contribution >= 4 is 12.0 Å². The molecule has 7 nitrogen and oxygen atoms in total. The summed E-state index contributed by atoms with van der Waals surface area (Å²) in [5, 5.41) is 5.33. The molecule has 0 bridgehead atoms. The van der Waals surface area contributed by atoms with Gasteiger partial charge < -0.3 is 24.8 Å². The van der Waals surface area contributed by atoms with Crippen LogP contribution in [0.15, 0.2) is 29.5 Å². The fourth-order valence-corrected chi connectivity index (χ4v) is 2.52. The van der Waals surface area contributed by atoms with Crippen molar-refractivity contribution in [3.05, 3.63) is 35.0 Å². The first-order chi connectivity index (χ1) is 10.6. The van der Waals surface area contributed by atoms with Crippen LogP contribution in [-0.4, -0.2) is 25.4 Å². The van der Waals surface area contributed by atoms with Gasteiger partial charge in [-0.3, -0.25) is 0 Å². The van der Waals surface area contributed by atoms with Gasteiger partial charge in [0.15, 0.2) is 11.5 Å². The zero-order chi connectivity index (χ0) is 15.7. The molecular formula is C15H16N2O5. The van der Waals surface area contributed by atoms with E-state index in [2.05, 4.69) is 10.6 Å². The maximum Gasteiger partial charge on any atom is 0.338 e. The van der Waals surface area contributed by atoms with E-state index in [1.54, 1.807) is 32.0 Å². The zero-order valence-corrected chi connectivity index (χ0v) is 12.3. The summed E-state index contributed by atoms with van der Waals surface area (Å²) in [6.45, 7) is 3.83. The molecule has 1 aromatic rings. The fraction of sp³-hybridized carbons (Fsp3) is 0.333. The van der Waals surface area contributed by atoms with Crippen LogP contribution in [0.2, 0.25) is 0 Å². The van der Waals surface area contributed by atoms with Crippen molar-refractivity contribution in [2.75, 3.05) is 13.4 Å². The molecule has 2 aliphatic rings. The first-order valence-electron chi connectivity index (χ1n) is 6.95. The molecule has 0 fully saturated rings. The smallest absolute Gasteiger partial charge is 0.338 e. The molecular weight excluding hydrogens is 288 g/mol. The third-order valence-corrected chi connectivity index (χ3v) is 3.49. The molecule has 0 aromatic heterocycles. The lowest BCUT2D eigenvalue weighted by molar-refractivity contribution is -0.139. The zero-order valence-electron chi connectivity index (χ0n) is 12.3. The Balaban J connectivity index is 2.00. The molecule has 7 heteroatoms. The van der Waals surface area contributed by atoms with Crippen molar-refractivity contribution in [2.45, 2.75) is 19.9 Å². The van der Waals surface area contributed by atoms with Gasteiger partial charge >= 0.3 is 12.0 Å². The first kappa shape index (κ1) is 14.2. The number of benzene rings is 1. The molecule has 116 valence electrons. The summed E-state index contributed by atoms with van der Waals surface area (Å²) in [6, 6.07) is 4.33. The minimum atomic E-state index is -0.595. The number of carbonyl (C=O) groups is 2. The summed E-state index contributed by atoms with van der Waals surface area (Å²) in [5.41, 5.74) is 1.58. The van der Waals surface area contributed by atoms with E-state index in [1.165, 1.54) is 0 Å². The first-order valence-corrected chi connectivity index (χ1v) is 6.95. The van der Waals surface area contributed by atoms with E-state index in [-0.39, 0.29) is 19.4 Å². The van der Waals surface area contributed by atoms with Crippen molar-refractivity contribution in [3.63, 3.8) is 0 Å². The predicted molar refractivity (Wildman–Crippen MR) is 76.3 cm³/mol. The standard InChI is InChI=1S/C15H16N2O5/c1-3-20-14(18)12-8(2)16-15(19)17-13(12)9-4-5-10-11(6-9)22-7-21-10/h4-6,13H,3,7H2,1-2H3,(H2,16,17,19)/t13-/m1/s1. The van der Waals surface area contributed by atoms with Crippen molar-refractivity contribution in [1.82, 2.24) is 10.6 Å². The number of carbonyl (C=O) groups excluding carboxylic acids is 2. The third-order valence-electron chi connectivity index (χ3n) is 3.49. The van der Waals surface area contributed by atoms with E-state index < -0.39 is 12.0 Å². The van der Waals surface area contributed by atoms with E-state index >= 15 is 0 Å². The second-order valence-electron chi connectivity index (χ2n) is 4.90. The Labute approximate surface area is 127 Å². The number of fused-ring (bicyclic) bond motifs is 1. The van der Waals surface area contributed by atoms with E-state index in [9.17, 15) is 9.59 Å². The number of rotatable bonds is 3. The van der Waals surface area contributed by atoms with E-state index in [4.69, 9.17) is 14.2 Å². The van der Waals surface area contributed by atoms with Crippen LogP contribution in [0.1, 0.15) is 25.5 Å². The number of ether oxygens (including phenoxy) is 3. The summed E-state index contributed by atoms with van der Waals surface area (Å²) in [7, 11) is 0. The molecule has 1 atom stereocenters. The average Bonchev–Trinajstić information content (AvgIpc) is 2.93. The van der Waals surface area contributed by atoms with Crippen molar-refractivity contribution in [3.8, 4) is 11.5 Å². The maximum atomic E-state index is 12.2. The quantitative estimate of drug-likeness (QED) is 0.829. The third kappa shape index (κ3) is 2.45. The van der Waals surface area contributed by atoms with Crippen LogP contribution in [0.25, 0.3) is 0 Å². The minimum absolute atomic E-state index is 0.164. The largest absolute Gasteiger partial charge is 0.463 e. The van der Waals surface area contributed by atoms with Gasteiger partial charge in [-0.15, -0.1) is 0 Å². The highest BCUT2D eigenvalue weighted by atomic mass is 16.7. The normalized spacial score (nSPS) is 19.5. The summed E-state index contributed by atoms with van der Waals surface area (Å²) >= 11 is 0. The minimum Gasteiger partial charge on any atom is -0.463 e. The van der Waals surface area contributed by atoms with Crippen LogP contribution in [0, 0.1) is 0 Å². The van der Waals surface area contributed by atoms with Crippen LogP contribution >= 0.6 is 0 Å². The number of urea groups is 1. The predicted octanol–water partition coefficient (Wildman–Crippen LogP) is 1.61. The molecule has 2 aliphatic heterocycles. The lowest BCUT2D eigenvalue weighted by atomic mass is 9.95. The highest BCUT2D eigenvalue weighted by molar-refractivity contribution is 5.95. The van der Waals surface area contributed by atoms with Gasteiger partial charge in [-0.05, 0) is 31.5 Å². The van der Waals surface area contributed by atoms with Gasteiger partial charge in [-0.25, -0.2) is 9.59 Å². The van der Waals surface area contributed by atoms with Gasteiger partial charge in [-0.1, -0.05) is 6.07 Å².